The predicted octanol–water partition coefficient (Wildman–Crippen LogP) is 1.44. The molecule has 3 rings (SSSR count). The van der Waals surface area contributed by atoms with Crippen molar-refractivity contribution in [1.82, 2.24) is 9.80 Å². The molecule has 0 amide bonds. The average Bonchev–Trinajstić information content (AvgIpc) is 2.88. The number of morpholine rings is 1. The molecule has 0 radical (unpaired) electrons. The first-order chi connectivity index (χ1) is 9.84. The number of nitrogens with two attached hydrogens (primary N) is 1. The van der Waals surface area contributed by atoms with Crippen molar-refractivity contribution in [2.45, 2.75) is 56.5 Å². The number of hydrogen-bond donors (Lipinski definition) is 1. The van der Waals surface area contributed by atoms with Gasteiger partial charge in [-0.1, -0.05) is 25.7 Å². The Hall–Kier alpha value is -0.160. The van der Waals surface area contributed by atoms with Crippen LogP contribution in [0.1, 0.15) is 44.9 Å². The monoisotopic (exact) mass is 281 g/mol. The minimum Gasteiger partial charge on any atom is -0.379 e. The molecule has 1 aliphatic carbocycles. The van der Waals surface area contributed by atoms with Crippen LogP contribution in [0, 0.1) is 0 Å². The van der Waals surface area contributed by atoms with E-state index in [1.165, 1.54) is 58.0 Å². The largest absolute Gasteiger partial charge is 0.379 e. The maximum atomic E-state index is 6.24. The Bertz CT molecular complexity index is 296. The van der Waals surface area contributed by atoms with Crippen molar-refractivity contribution in [2.75, 3.05) is 45.9 Å². The van der Waals surface area contributed by atoms with Crippen LogP contribution in [-0.2, 0) is 4.74 Å². The minimum atomic E-state index is 0.317. The quantitative estimate of drug-likeness (QED) is 0.795. The van der Waals surface area contributed by atoms with E-state index in [9.17, 15) is 0 Å². The molecule has 4 nitrogen and oxygen atoms in total. The van der Waals surface area contributed by atoms with Gasteiger partial charge >= 0.3 is 0 Å². The Morgan fingerprint density at radius 3 is 2.35 bits per heavy atom. The summed E-state index contributed by atoms with van der Waals surface area (Å²) in [7, 11) is 0. The van der Waals surface area contributed by atoms with E-state index >= 15 is 0 Å². The summed E-state index contributed by atoms with van der Waals surface area (Å²) in [6, 6.07) is 0.741. The Labute approximate surface area is 123 Å². The lowest BCUT2D eigenvalue weighted by molar-refractivity contribution is 0.0138. The number of likely N-dealkylation sites (tertiary alicyclic amines) is 1. The van der Waals surface area contributed by atoms with E-state index in [0.717, 1.165) is 38.9 Å². The van der Waals surface area contributed by atoms with Gasteiger partial charge in [0.15, 0.2) is 0 Å². The van der Waals surface area contributed by atoms with Crippen molar-refractivity contribution in [2.24, 2.45) is 5.73 Å². The summed E-state index contributed by atoms with van der Waals surface area (Å²) >= 11 is 0. The van der Waals surface area contributed by atoms with Crippen LogP contribution >= 0.6 is 0 Å². The highest BCUT2D eigenvalue weighted by atomic mass is 16.5. The molecule has 1 saturated carbocycles. The lowest BCUT2D eigenvalue weighted by atomic mass is 9.88. The molecule has 2 saturated heterocycles. The third-order valence-corrected chi connectivity index (χ3v) is 5.81. The molecule has 2 aliphatic heterocycles. The van der Waals surface area contributed by atoms with Gasteiger partial charge in [0.2, 0.25) is 0 Å². The normalized spacial score (nSPS) is 33.1. The summed E-state index contributed by atoms with van der Waals surface area (Å²) in [4.78, 5) is 5.39. The highest BCUT2D eigenvalue weighted by molar-refractivity contribution is 4.98. The van der Waals surface area contributed by atoms with Crippen LogP contribution in [0.15, 0.2) is 0 Å². The second-order valence-electron chi connectivity index (χ2n) is 6.88. The molecule has 0 aromatic rings. The van der Waals surface area contributed by atoms with Gasteiger partial charge in [0.1, 0.15) is 0 Å². The maximum Gasteiger partial charge on any atom is 0.0594 e. The van der Waals surface area contributed by atoms with Crippen LogP contribution < -0.4 is 5.73 Å². The van der Waals surface area contributed by atoms with Crippen molar-refractivity contribution in [1.29, 1.82) is 0 Å². The molecule has 116 valence electrons. The second-order valence-corrected chi connectivity index (χ2v) is 6.88. The molecule has 2 heterocycles. The van der Waals surface area contributed by atoms with Gasteiger partial charge in [-0.05, 0) is 19.3 Å². The molecular formula is C16H31N3O. The third kappa shape index (κ3) is 3.03. The van der Waals surface area contributed by atoms with Gasteiger partial charge in [0.25, 0.3) is 0 Å². The van der Waals surface area contributed by atoms with Crippen LogP contribution in [0.5, 0.6) is 0 Å². The van der Waals surface area contributed by atoms with Gasteiger partial charge in [-0.3, -0.25) is 9.80 Å². The summed E-state index contributed by atoms with van der Waals surface area (Å²) in [6.45, 7) is 7.40. The average molecular weight is 281 g/mol. The Balaban J connectivity index is 1.62. The van der Waals surface area contributed by atoms with E-state index in [1.54, 1.807) is 0 Å². The molecule has 1 atom stereocenters. The van der Waals surface area contributed by atoms with Crippen LogP contribution in [0.4, 0.5) is 0 Å². The van der Waals surface area contributed by atoms with Gasteiger partial charge in [-0.25, -0.2) is 0 Å². The van der Waals surface area contributed by atoms with Gasteiger partial charge in [0.05, 0.1) is 13.2 Å². The first kappa shape index (κ1) is 14.8. The van der Waals surface area contributed by atoms with Crippen LogP contribution in [-0.4, -0.2) is 67.3 Å². The van der Waals surface area contributed by atoms with Crippen molar-refractivity contribution in [3.05, 3.63) is 0 Å². The van der Waals surface area contributed by atoms with Gasteiger partial charge < -0.3 is 10.5 Å². The van der Waals surface area contributed by atoms with E-state index in [2.05, 4.69) is 9.80 Å². The summed E-state index contributed by atoms with van der Waals surface area (Å²) < 4.78 is 5.48. The standard InChI is InChI=1S/C16H31N3O/c17-14-16(6-3-1-2-4-7-16)19-8-5-15(13-19)18-9-11-20-12-10-18/h15H,1-14,17H2. The zero-order valence-corrected chi connectivity index (χ0v) is 12.9. The summed E-state index contributed by atoms with van der Waals surface area (Å²) in [5.74, 6) is 0. The Morgan fingerprint density at radius 2 is 1.70 bits per heavy atom. The Morgan fingerprint density at radius 1 is 1.00 bits per heavy atom. The van der Waals surface area contributed by atoms with E-state index in [4.69, 9.17) is 10.5 Å². The molecule has 3 fully saturated rings. The van der Waals surface area contributed by atoms with Crippen molar-refractivity contribution < 1.29 is 4.74 Å². The lowest BCUT2D eigenvalue weighted by Crippen LogP contribution is -2.54. The van der Waals surface area contributed by atoms with Crippen molar-refractivity contribution in [3.63, 3.8) is 0 Å². The summed E-state index contributed by atoms with van der Waals surface area (Å²) in [5, 5.41) is 0. The van der Waals surface area contributed by atoms with E-state index in [0.29, 0.717) is 5.54 Å². The lowest BCUT2D eigenvalue weighted by Gasteiger charge is -2.42. The fourth-order valence-electron chi connectivity index (χ4n) is 4.45. The topological polar surface area (TPSA) is 41.7 Å². The minimum absolute atomic E-state index is 0.317. The fourth-order valence-corrected chi connectivity index (χ4v) is 4.45. The van der Waals surface area contributed by atoms with Gasteiger partial charge in [-0.2, -0.15) is 0 Å². The van der Waals surface area contributed by atoms with E-state index in [1.807, 2.05) is 0 Å². The van der Waals surface area contributed by atoms with Gasteiger partial charge in [-0.15, -0.1) is 0 Å². The molecule has 3 aliphatic rings. The van der Waals surface area contributed by atoms with Crippen molar-refractivity contribution in [3.8, 4) is 0 Å². The van der Waals surface area contributed by atoms with Gasteiger partial charge in [0, 0.05) is 44.3 Å². The van der Waals surface area contributed by atoms with E-state index in [-0.39, 0.29) is 0 Å². The second kappa shape index (κ2) is 6.73. The third-order valence-electron chi connectivity index (χ3n) is 5.81. The number of rotatable bonds is 3. The molecule has 1 unspecified atom stereocenters. The van der Waals surface area contributed by atoms with Crippen molar-refractivity contribution >= 4 is 0 Å². The predicted molar refractivity (Wildman–Crippen MR) is 81.9 cm³/mol. The molecule has 20 heavy (non-hydrogen) atoms. The molecule has 4 heteroatoms. The first-order valence-electron chi connectivity index (χ1n) is 8.61. The highest BCUT2D eigenvalue weighted by Crippen LogP contribution is 2.35. The Kier molecular flexibility index (Phi) is 4.97. The molecule has 0 aromatic carbocycles. The first-order valence-corrected chi connectivity index (χ1v) is 8.61. The van der Waals surface area contributed by atoms with E-state index < -0.39 is 0 Å². The molecule has 0 spiro atoms. The smallest absolute Gasteiger partial charge is 0.0594 e. The molecule has 0 bridgehead atoms. The van der Waals surface area contributed by atoms with Crippen LogP contribution in [0.25, 0.3) is 0 Å². The SMILES string of the molecule is NCC1(N2CCC(N3CCOCC3)C2)CCCCCC1. The summed E-state index contributed by atoms with van der Waals surface area (Å²) in [6.07, 6.45) is 9.51. The summed E-state index contributed by atoms with van der Waals surface area (Å²) in [5.41, 5.74) is 6.55. The number of nitrogens with zero attached hydrogens (tertiary/aromatic N) is 2. The molecular weight excluding hydrogens is 250 g/mol. The highest BCUT2D eigenvalue weighted by Gasteiger charge is 2.41. The van der Waals surface area contributed by atoms with Crippen LogP contribution in [0.3, 0.4) is 0 Å². The zero-order chi connectivity index (χ0) is 13.8. The fraction of sp³-hybridized carbons (Fsp3) is 1.00. The molecule has 2 N–H and O–H groups in total. The number of hydrogen-bond acceptors (Lipinski definition) is 4. The zero-order valence-electron chi connectivity index (χ0n) is 12.9. The number of ether oxygens (including phenoxy) is 1. The van der Waals surface area contributed by atoms with Crippen LogP contribution in [0.2, 0.25) is 0 Å². The molecule has 0 aromatic heterocycles. The maximum absolute atomic E-state index is 6.24.